The fourth-order valence-electron chi connectivity index (χ4n) is 2.90. The van der Waals surface area contributed by atoms with Gasteiger partial charge in [-0.15, -0.1) is 0 Å². The van der Waals surface area contributed by atoms with Crippen molar-refractivity contribution in [1.29, 1.82) is 0 Å². The van der Waals surface area contributed by atoms with Crippen LogP contribution in [0.4, 0.5) is 0 Å². The van der Waals surface area contributed by atoms with Crippen molar-refractivity contribution in [3.05, 3.63) is 54.1 Å². The summed E-state index contributed by atoms with van der Waals surface area (Å²) in [7, 11) is 2.13. The second-order valence-electron chi connectivity index (χ2n) is 4.69. The van der Waals surface area contributed by atoms with Gasteiger partial charge in [0.2, 0.25) is 0 Å². The number of para-hydroxylation sites is 2. The molecule has 1 aliphatic heterocycles. The lowest BCUT2D eigenvalue weighted by Crippen LogP contribution is -2.06. The first-order valence-electron chi connectivity index (χ1n) is 6.15. The first-order valence-corrected chi connectivity index (χ1v) is 6.15. The highest BCUT2D eigenvalue weighted by Gasteiger charge is 2.23. The summed E-state index contributed by atoms with van der Waals surface area (Å²) >= 11 is 0. The number of aryl methyl sites for hydroxylation is 1. The SMILES string of the molecule is Cn1c2c(c3ccccc31)COc1ccccc1-2. The van der Waals surface area contributed by atoms with Gasteiger partial charge in [0.25, 0.3) is 0 Å². The zero-order chi connectivity index (χ0) is 12.1. The minimum atomic E-state index is 0.660. The van der Waals surface area contributed by atoms with Crippen molar-refractivity contribution in [2.45, 2.75) is 6.61 Å². The first kappa shape index (κ1) is 9.77. The smallest absolute Gasteiger partial charge is 0.129 e. The van der Waals surface area contributed by atoms with E-state index in [0.717, 1.165) is 5.75 Å². The fraction of sp³-hybridized carbons (Fsp3) is 0.125. The van der Waals surface area contributed by atoms with Gasteiger partial charge in [0, 0.05) is 29.1 Å². The van der Waals surface area contributed by atoms with Crippen LogP contribution in [-0.4, -0.2) is 4.57 Å². The van der Waals surface area contributed by atoms with Crippen LogP contribution in [0.25, 0.3) is 22.2 Å². The van der Waals surface area contributed by atoms with E-state index in [4.69, 9.17) is 4.74 Å². The molecule has 88 valence electrons. The third-order valence-corrected chi connectivity index (χ3v) is 3.73. The van der Waals surface area contributed by atoms with E-state index in [1.807, 2.05) is 12.1 Å². The van der Waals surface area contributed by atoms with E-state index >= 15 is 0 Å². The molecule has 0 bridgehead atoms. The van der Waals surface area contributed by atoms with E-state index in [9.17, 15) is 0 Å². The number of nitrogens with zero attached hydrogens (tertiary/aromatic N) is 1. The number of hydrogen-bond acceptors (Lipinski definition) is 1. The van der Waals surface area contributed by atoms with E-state index in [-0.39, 0.29) is 0 Å². The molecule has 0 amide bonds. The van der Waals surface area contributed by atoms with Crippen molar-refractivity contribution in [2.75, 3.05) is 0 Å². The number of benzene rings is 2. The molecule has 0 saturated carbocycles. The van der Waals surface area contributed by atoms with Crippen molar-refractivity contribution in [1.82, 2.24) is 4.57 Å². The van der Waals surface area contributed by atoms with Crippen LogP contribution < -0.4 is 4.74 Å². The summed E-state index contributed by atoms with van der Waals surface area (Å²) in [6, 6.07) is 16.8. The lowest BCUT2D eigenvalue weighted by Gasteiger charge is -2.19. The van der Waals surface area contributed by atoms with Crippen molar-refractivity contribution in [2.24, 2.45) is 7.05 Å². The van der Waals surface area contributed by atoms with Crippen LogP contribution in [0, 0.1) is 0 Å². The van der Waals surface area contributed by atoms with Crippen LogP contribution in [0.15, 0.2) is 48.5 Å². The third-order valence-electron chi connectivity index (χ3n) is 3.73. The van der Waals surface area contributed by atoms with Crippen molar-refractivity contribution >= 4 is 10.9 Å². The van der Waals surface area contributed by atoms with Gasteiger partial charge in [-0.25, -0.2) is 0 Å². The largest absolute Gasteiger partial charge is 0.488 e. The predicted molar refractivity (Wildman–Crippen MR) is 72.7 cm³/mol. The highest BCUT2D eigenvalue weighted by molar-refractivity contribution is 5.93. The molecule has 0 spiro atoms. The van der Waals surface area contributed by atoms with Crippen LogP contribution >= 0.6 is 0 Å². The molecule has 0 N–H and O–H groups in total. The van der Waals surface area contributed by atoms with Crippen molar-refractivity contribution in [3.63, 3.8) is 0 Å². The summed E-state index contributed by atoms with van der Waals surface area (Å²) < 4.78 is 8.13. The van der Waals surface area contributed by atoms with E-state index in [0.29, 0.717) is 6.61 Å². The highest BCUT2D eigenvalue weighted by Crippen LogP contribution is 2.41. The third kappa shape index (κ3) is 1.12. The summed E-state index contributed by atoms with van der Waals surface area (Å²) in [6.07, 6.45) is 0. The zero-order valence-electron chi connectivity index (χ0n) is 10.2. The molecule has 0 saturated heterocycles. The van der Waals surface area contributed by atoms with Crippen LogP contribution in [0.2, 0.25) is 0 Å². The van der Waals surface area contributed by atoms with Crippen LogP contribution in [0.5, 0.6) is 5.75 Å². The second-order valence-corrected chi connectivity index (χ2v) is 4.69. The topological polar surface area (TPSA) is 14.2 Å². The number of hydrogen-bond donors (Lipinski definition) is 0. The molecule has 0 radical (unpaired) electrons. The summed E-state index contributed by atoms with van der Waals surface area (Å²) in [5.41, 5.74) is 5.05. The zero-order valence-corrected chi connectivity index (χ0v) is 10.2. The summed E-state index contributed by atoms with van der Waals surface area (Å²) in [4.78, 5) is 0. The van der Waals surface area contributed by atoms with E-state index < -0.39 is 0 Å². The first-order chi connectivity index (χ1) is 8.86. The standard InChI is InChI=1S/C16H13NO/c1-17-14-8-4-2-6-11(14)13-10-18-15-9-5-3-7-12(15)16(13)17/h2-9H,10H2,1H3. The number of rotatable bonds is 0. The Morgan fingerprint density at radius 2 is 1.78 bits per heavy atom. The molecule has 18 heavy (non-hydrogen) atoms. The Morgan fingerprint density at radius 1 is 1.00 bits per heavy atom. The van der Waals surface area contributed by atoms with E-state index in [1.165, 1.54) is 27.7 Å². The molecule has 2 heterocycles. The van der Waals surface area contributed by atoms with Gasteiger partial charge in [-0.3, -0.25) is 0 Å². The molecule has 0 atom stereocenters. The van der Waals surface area contributed by atoms with Gasteiger partial charge in [-0.05, 0) is 18.2 Å². The fourth-order valence-corrected chi connectivity index (χ4v) is 2.90. The second kappa shape index (κ2) is 3.39. The lowest BCUT2D eigenvalue weighted by molar-refractivity contribution is 0.303. The van der Waals surface area contributed by atoms with Crippen molar-refractivity contribution < 1.29 is 4.74 Å². The number of aromatic nitrogens is 1. The molecule has 0 unspecified atom stereocenters. The minimum Gasteiger partial charge on any atom is -0.488 e. The highest BCUT2D eigenvalue weighted by atomic mass is 16.5. The maximum atomic E-state index is 5.86. The molecule has 1 aliphatic rings. The van der Waals surface area contributed by atoms with Gasteiger partial charge in [-0.1, -0.05) is 30.3 Å². The van der Waals surface area contributed by atoms with Crippen LogP contribution in [0.1, 0.15) is 5.56 Å². The number of ether oxygens (including phenoxy) is 1. The van der Waals surface area contributed by atoms with E-state index in [2.05, 4.69) is 48.0 Å². The summed E-state index contributed by atoms with van der Waals surface area (Å²) in [5.74, 6) is 0.982. The molecule has 3 aromatic rings. The predicted octanol–water partition coefficient (Wildman–Crippen LogP) is 3.74. The van der Waals surface area contributed by atoms with Crippen LogP contribution in [-0.2, 0) is 13.7 Å². The van der Waals surface area contributed by atoms with Crippen molar-refractivity contribution in [3.8, 4) is 17.0 Å². The normalized spacial score (nSPS) is 12.9. The van der Waals surface area contributed by atoms with Gasteiger partial charge in [0.15, 0.2) is 0 Å². The van der Waals surface area contributed by atoms with Crippen LogP contribution in [0.3, 0.4) is 0 Å². The lowest BCUT2D eigenvalue weighted by atomic mass is 10.0. The Bertz CT molecular complexity index is 755. The summed E-state index contributed by atoms with van der Waals surface area (Å²) in [5, 5.41) is 1.30. The Morgan fingerprint density at radius 3 is 2.72 bits per heavy atom. The number of fused-ring (bicyclic) bond motifs is 5. The average Bonchev–Trinajstić information content (AvgIpc) is 2.73. The molecule has 0 fully saturated rings. The maximum absolute atomic E-state index is 5.86. The molecule has 0 aliphatic carbocycles. The minimum absolute atomic E-state index is 0.660. The Balaban J connectivity index is 2.16. The Labute approximate surface area is 105 Å². The molecular weight excluding hydrogens is 222 g/mol. The summed E-state index contributed by atoms with van der Waals surface area (Å²) in [6.45, 7) is 0.660. The van der Waals surface area contributed by atoms with Gasteiger partial charge in [0.1, 0.15) is 12.4 Å². The molecule has 1 aromatic heterocycles. The quantitative estimate of drug-likeness (QED) is 0.579. The molecular formula is C16H13NO. The molecule has 2 nitrogen and oxygen atoms in total. The molecule has 2 heteroatoms. The van der Waals surface area contributed by atoms with E-state index in [1.54, 1.807) is 0 Å². The molecule has 2 aromatic carbocycles. The molecule has 4 rings (SSSR count). The average molecular weight is 235 g/mol. The Hall–Kier alpha value is -2.22. The maximum Gasteiger partial charge on any atom is 0.129 e. The van der Waals surface area contributed by atoms with Gasteiger partial charge >= 0.3 is 0 Å². The van der Waals surface area contributed by atoms with Gasteiger partial charge < -0.3 is 9.30 Å². The Kier molecular flexibility index (Phi) is 1.84. The van der Waals surface area contributed by atoms with Gasteiger partial charge in [0.05, 0.1) is 5.69 Å². The monoisotopic (exact) mass is 235 g/mol. The van der Waals surface area contributed by atoms with Gasteiger partial charge in [-0.2, -0.15) is 0 Å².